The first-order valence-electron chi connectivity index (χ1n) is 6.76. The molecule has 0 aromatic heterocycles. The van der Waals surface area contributed by atoms with E-state index in [1.165, 1.54) is 4.31 Å². The van der Waals surface area contributed by atoms with Crippen molar-refractivity contribution in [3.63, 3.8) is 0 Å². The molecular formula is C13H19F2N3O2S. The van der Waals surface area contributed by atoms with Gasteiger partial charge in [-0.05, 0) is 19.5 Å². The molecule has 0 amide bonds. The standard InChI is InChI=1S/C13H19F2N3O2S/c1-3-17-4-5-18(8-9(17)2)21(19,20)13-7-12(16)10(14)6-11(13)15/h6-7,9H,3-5,8,16H2,1-2H3. The summed E-state index contributed by atoms with van der Waals surface area (Å²) in [6, 6.07) is 1.39. The van der Waals surface area contributed by atoms with Crippen LogP contribution in [-0.4, -0.2) is 49.8 Å². The van der Waals surface area contributed by atoms with E-state index in [9.17, 15) is 17.2 Å². The number of likely N-dealkylation sites (N-methyl/N-ethyl adjacent to an activating group) is 1. The Balaban J connectivity index is 2.33. The monoisotopic (exact) mass is 319 g/mol. The van der Waals surface area contributed by atoms with Gasteiger partial charge in [-0.15, -0.1) is 0 Å². The molecule has 1 fully saturated rings. The summed E-state index contributed by atoms with van der Waals surface area (Å²) in [5, 5.41) is 0. The van der Waals surface area contributed by atoms with Gasteiger partial charge >= 0.3 is 0 Å². The molecule has 1 unspecified atom stereocenters. The number of piperazine rings is 1. The molecule has 0 radical (unpaired) electrons. The summed E-state index contributed by atoms with van der Waals surface area (Å²) < 4.78 is 53.2. The SMILES string of the molecule is CCN1CCN(S(=O)(=O)c2cc(N)c(F)cc2F)CC1C. The molecule has 8 heteroatoms. The van der Waals surface area contributed by atoms with Gasteiger partial charge in [0.25, 0.3) is 0 Å². The highest BCUT2D eigenvalue weighted by Crippen LogP contribution is 2.25. The molecule has 0 bridgehead atoms. The zero-order valence-corrected chi connectivity index (χ0v) is 12.8. The van der Waals surface area contributed by atoms with Gasteiger partial charge in [-0.2, -0.15) is 4.31 Å². The van der Waals surface area contributed by atoms with Crippen LogP contribution in [0, 0.1) is 11.6 Å². The van der Waals surface area contributed by atoms with Gasteiger partial charge in [0.1, 0.15) is 16.5 Å². The van der Waals surface area contributed by atoms with E-state index in [1.807, 2.05) is 13.8 Å². The predicted octanol–water partition coefficient (Wildman–Crippen LogP) is 1.26. The maximum absolute atomic E-state index is 13.8. The second kappa shape index (κ2) is 5.86. The predicted molar refractivity (Wildman–Crippen MR) is 76.2 cm³/mol. The Labute approximate surface area is 123 Å². The topological polar surface area (TPSA) is 66.6 Å². The van der Waals surface area contributed by atoms with Gasteiger partial charge in [0, 0.05) is 31.7 Å². The second-order valence-corrected chi connectivity index (χ2v) is 7.05. The second-order valence-electron chi connectivity index (χ2n) is 5.14. The molecule has 5 nitrogen and oxygen atoms in total. The van der Waals surface area contributed by atoms with Crippen LogP contribution in [0.4, 0.5) is 14.5 Å². The van der Waals surface area contributed by atoms with Crippen molar-refractivity contribution in [3.05, 3.63) is 23.8 Å². The number of benzene rings is 1. The average Bonchev–Trinajstić information content (AvgIpc) is 2.42. The number of rotatable bonds is 3. The molecule has 1 aromatic rings. The van der Waals surface area contributed by atoms with Crippen LogP contribution in [0.2, 0.25) is 0 Å². The number of anilines is 1. The molecule has 0 aliphatic carbocycles. The lowest BCUT2D eigenvalue weighted by Crippen LogP contribution is -2.53. The van der Waals surface area contributed by atoms with E-state index in [1.54, 1.807) is 0 Å². The Kier molecular flexibility index (Phi) is 4.50. The summed E-state index contributed by atoms with van der Waals surface area (Å²) in [6.07, 6.45) is 0. The Morgan fingerprint density at radius 2 is 1.95 bits per heavy atom. The van der Waals surface area contributed by atoms with E-state index in [2.05, 4.69) is 4.90 Å². The van der Waals surface area contributed by atoms with E-state index in [4.69, 9.17) is 5.73 Å². The first-order chi connectivity index (χ1) is 9.77. The normalized spacial score (nSPS) is 21.6. The summed E-state index contributed by atoms with van der Waals surface area (Å²) in [7, 11) is -4.01. The molecule has 1 aliphatic heterocycles. The number of halogens is 2. The number of sulfonamides is 1. The van der Waals surface area contributed by atoms with Crippen molar-refractivity contribution in [2.24, 2.45) is 0 Å². The molecule has 1 aromatic carbocycles. The quantitative estimate of drug-likeness (QED) is 0.852. The fraction of sp³-hybridized carbons (Fsp3) is 0.538. The van der Waals surface area contributed by atoms with Crippen molar-refractivity contribution in [2.75, 3.05) is 31.9 Å². The highest BCUT2D eigenvalue weighted by molar-refractivity contribution is 7.89. The lowest BCUT2D eigenvalue weighted by molar-refractivity contribution is 0.135. The van der Waals surface area contributed by atoms with Gasteiger partial charge in [0.15, 0.2) is 0 Å². The Bertz CT molecular complexity index is 637. The molecule has 1 atom stereocenters. The van der Waals surface area contributed by atoms with Gasteiger partial charge in [-0.25, -0.2) is 17.2 Å². The molecule has 1 heterocycles. The van der Waals surface area contributed by atoms with Crippen molar-refractivity contribution in [1.29, 1.82) is 0 Å². The van der Waals surface area contributed by atoms with Crippen molar-refractivity contribution in [1.82, 2.24) is 9.21 Å². The lowest BCUT2D eigenvalue weighted by atomic mass is 10.2. The fourth-order valence-corrected chi connectivity index (χ4v) is 4.12. The maximum atomic E-state index is 13.8. The van der Waals surface area contributed by atoms with Crippen LogP contribution >= 0.6 is 0 Å². The van der Waals surface area contributed by atoms with E-state index in [-0.39, 0.29) is 24.8 Å². The zero-order chi connectivity index (χ0) is 15.8. The number of hydrogen-bond acceptors (Lipinski definition) is 4. The molecular weight excluding hydrogens is 300 g/mol. The Hall–Kier alpha value is -1.25. The van der Waals surface area contributed by atoms with Crippen LogP contribution in [0.15, 0.2) is 17.0 Å². The smallest absolute Gasteiger partial charge is 0.246 e. The zero-order valence-electron chi connectivity index (χ0n) is 12.0. The average molecular weight is 319 g/mol. The van der Waals surface area contributed by atoms with Gasteiger partial charge < -0.3 is 5.73 Å². The molecule has 118 valence electrons. The Morgan fingerprint density at radius 3 is 2.52 bits per heavy atom. The molecule has 2 N–H and O–H groups in total. The van der Waals surface area contributed by atoms with Crippen LogP contribution in [-0.2, 0) is 10.0 Å². The first-order valence-corrected chi connectivity index (χ1v) is 8.20. The highest BCUT2D eigenvalue weighted by atomic mass is 32.2. The minimum Gasteiger partial charge on any atom is -0.396 e. The third kappa shape index (κ3) is 3.02. The summed E-state index contributed by atoms with van der Waals surface area (Å²) in [4.78, 5) is 1.57. The summed E-state index contributed by atoms with van der Waals surface area (Å²) in [5.41, 5.74) is 4.97. The third-order valence-corrected chi connectivity index (χ3v) is 5.68. The number of nitrogens with zero attached hydrogens (tertiary/aromatic N) is 2. The molecule has 1 aliphatic rings. The molecule has 2 rings (SSSR count). The highest BCUT2D eigenvalue weighted by Gasteiger charge is 2.33. The molecule has 21 heavy (non-hydrogen) atoms. The largest absolute Gasteiger partial charge is 0.396 e. The lowest BCUT2D eigenvalue weighted by Gasteiger charge is -2.38. The number of hydrogen-bond donors (Lipinski definition) is 1. The van der Waals surface area contributed by atoms with Crippen molar-refractivity contribution in [2.45, 2.75) is 24.8 Å². The van der Waals surface area contributed by atoms with Crippen molar-refractivity contribution < 1.29 is 17.2 Å². The summed E-state index contributed by atoms with van der Waals surface area (Å²) in [5.74, 6) is -2.08. The van der Waals surface area contributed by atoms with E-state index >= 15 is 0 Å². The summed E-state index contributed by atoms with van der Waals surface area (Å²) in [6.45, 7) is 5.87. The van der Waals surface area contributed by atoms with E-state index < -0.39 is 26.6 Å². The third-order valence-electron chi connectivity index (χ3n) is 3.80. The summed E-state index contributed by atoms with van der Waals surface area (Å²) >= 11 is 0. The van der Waals surface area contributed by atoms with Crippen LogP contribution in [0.25, 0.3) is 0 Å². The molecule has 0 spiro atoms. The van der Waals surface area contributed by atoms with Crippen LogP contribution in [0.3, 0.4) is 0 Å². The van der Waals surface area contributed by atoms with Crippen LogP contribution in [0.1, 0.15) is 13.8 Å². The van der Waals surface area contributed by atoms with Gasteiger partial charge in [0.2, 0.25) is 10.0 Å². The minimum atomic E-state index is -4.01. The van der Waals surface area contributed by atoms with Gasteiger partial charge in [-0.3, -0.25) is 4.90 Å². The van der Waals surface area contributed by atoms with Gasteiger partial charge in [0.05, 0.1) is 5.69 Å². The van der Waals surface area contributed by atoms with Crippen molar-refractivity contribution in [3.8, 4) is 0 Å². The van der Waals surface area contributed by atoms with E-state index in [0.29, 0.717) is 12.6 Å². The van der Waals surface area contributed by atoms with Gasteiger partial charge in [-0.1, -0.05) is 6.92 Å². The first kappa shape index (κ1) is 16.1. The number of nitrogen functional groups attached to an aromatic ring is 1. The van der Waals surface area contributed by atoms with Crippen LogP contribution in [0.5, 0.6) is 0 Å². The Morgan fingerprint density at radius 1 is 1.29 bits per heavy atom. The minimum absolute atomic E-state index is 0.0411. The molecule has 0 saturated carbocycles. The van der Waals surface area contributed by atoms with Crippen molar-refractivity contribution >= 4 is 15.7 Å². The van der Waals surface area contributed by atoms with E-state index in [0.717, 1.165) is 12.6 Å². The maximum Gasteiger partial charge on any atom is 0.246 e. The molecule has 1 saturated heterocycles. The number of nitrogens with two attached hydrogens (primary N) is 1. The van der Waals surface area contributed by atoms with Crippen LogP contribution < -0.4 is 5.73 Å². The fourth-order valence-electron chi connectivity index (χ4n) is 2.53.